The summed E-state index contributed by atoms with van der Waals surface area (Å²) in [5.74, 6) is 0.636. The van der Waals surface area contributed by atoms with E-state index in [4.69, 9.17) is 17.3 Å². The molecule has 1 aliphatic rings. The lowest BCUT2D eigenvalue weighted by Gasteiger charge is -2.12. The van der Waals surface area contributed by atoms with Gasteiger partial charge in [-0.3, -0.25) is 4.79 Å². The molecule has 2 aromatic rings. The first-order chi connectivity index (χ1) is 10.1. The van der Waals surface area contributed by atoms with Crippen molar-refractivity contribution in [3.63, 3.8) is 0 Å². The van der Waals surface area contributed by atoms with Gasteiger partial charge in [0.2, 0.25) is 5.91 Å². The van der Waals surface area contributed by atoms with Crippen LogP contribution >= 0.6 is 11.6 Å². The van der Waals surface area contributed by atoms with Gasteiger partial charge < -0.3 is 11.1 Å². The number of benzene rings is 1. The molecule has 3 rings (SSSR count). The molecule has 2 atom stereocenters. The first-order valence-corrected chi connectivity index (χ1v) is 7.37. The van der Waals surface area contributed by atoms with Crippen molar-refractivity contribution in [2.45, 2.75) is 25.3 Å². The van der Waals surface area contributed by atoms with E-state index in [0.717, 1.165) is 24.9 Å². The van der Waals surface area contributed by atoms with Gasteiger partial charge in [0.1, 0.15) is 5.82 Å². The molecule has 1 aliphatic carbocycles. The summed E-state index contributed by atoms with van der Waals surface area (Å²) in [6.07, 6.45) is 4.15. The molecule has 0 radical (unpaired) electrons. The second kappa shape index (κ2) is 5.87. The quantitative estimate of drug-likeness (QED) is 0.915. The number of aromatic nitrogens is 2. The average molecular weight is 305 g/mol. The van der Waals surface area contributed by atoms with Gasteiger partial charge in [-0.2, -0.15) is 5.10 Å². The molecular weight excluding hydrogens is 288 g/mol. The maximum absolute atomic E-state index is 12.3. The Morgan fingerprint density at radius 2 is 2.24 bits per heavy atom. The highest BCUT2D eigenvalue weighted by Crippen LogP contribution is 2.26. The Bertz CT molecular complexity index is 655. The van der Waals surface area contributed by atoms with Gasteiger partial charge in [-0.25, -0.2) is 4.68 Å². The topological polar surface area (TPSA) is 72.9 Å². The van der Waals surface area contributed by atoms with E-state index in [1.807, 2.05) is 12.1 Å². The van der Waals surface area contributed by atoms with Crippen molar-refractivity contribution in [1.82, 2.24) is 9.78 Å². The van der Waals surface area contributed by atoms with Crippen LogP contribution in [-0.2, 0) is 4.79 Å². The number of halogens is 1. The molecule has 110 valence electrons. The third kappa shape index (κ3) is 3.09. The van der Waals surface area contributed by atoms with Gasteiger partial charge in [0, 0.05) is 23.0 Å². The van der Waals surface area contributed by atoms with E-state index < -0.39 is 0 Å². The summed E-state index contributed by atoms with van der Waals surface area (Å²) in [6, 6.07) is 9.25. The molecule has 0 spiro atoms. The minimum absolute atomic E-state index is 0.00623. The van der Waals surface area contributed by atoms with Crippen LogP contribution in [0.2, 0.25) is 5.02 Å². The highest BCUT2D eigenvalue weighted by atomic mass is 35.5. The summed E-state index contributed by atoms with van der Waals surface area (Å²) < 4.78 is 1.67. The fourth-order valence-corrected chi connectivity index (χ4v) is 2.88. The lowest BCUT2D eigenvalue weighted by molar-refractivity contribution is -0.119. The predicted octanol–water partition coefficient (Wildman–Crippen LogP) is 2.59. The lowest BCUT2D eigenvalue weighted by Crippen LogP contribution is -2.24. The summed E-state index contributed by atoms with van der Waals surface area (Å²) in [5.41, 5.74) is 6.67. The predicted molar refractivity (Wildman–Crippen MR) is 82.5 cm³/mol. The summed E-state index contributed by atoms with van der Waals surface area (Å²) in [4.78, 5) is 12.3. The molecule has 3 N–H and O–H groups in total. The molecule has 0 bridgehead atoms. The van der Waals surface area contributed by atoms with Crippen LogP contribution in [0.3, 0.4) is 0 Å². The second-order valence-electron chi connectivity index (χ2n) is 5.37. The van der Waals surface area contributed by atoms with Gasteiger partial charge in [0.25, 0.3) is 0 Å². The Morgan fingerprint density at radius 1 is 1.38 bits per heavy atom. The van der Waals surface area contributed by atoms with Crippen molar-refractivity contribution in [3.05, 3.63) is 41.6 Å². The van der Waals surface area contributed by atoms with Crippen LogP contribution in [0.1, 0.15) is 19.3 Å². The molecule has 1 aromatic heterocycles. The van der Waals surface area contributed by atoms with Crippen molar-refractivity contribution in [2.24, 2.45) is 11.7 Å². The van der Waals surface area contributed by atoms with Crippen LogP contribution in [0.15, 0.2) is 36.5 Å². The molecule has 2 unspecified atom stereocenters. The van der Waals surface area contributed by atoms with Crippen LogP contribution in [-0.4, -0.2) is 21.7 Å². The second-order valence-corrected chi connectivity index (χ2v) is 5.80. The number of carbonyl (C=O) groups is 1. The van der Waals surface area contributed by atoms with Gasteiger partial charge >= 0.3 is 0 Å². The third-order valence-corrected chi connectivity index (χ3v) is 4.03. The van der Waals surface area contributed by atoms with E-state index in [-0.39, 0.29) is 17.9 Å². The molecule has 1 aromatic carbocycles. The van der Waals surface area contributed by atoms with Crippen LogP contribution < -0.4 is 11.1 Å². The SMILES string of the molecule is NC1CCC(C(=O)Nc2ccnn2-c2cccc(Cl)c2)C1. The number of hydrogen-bond donors (Lipinski definition) is 2. The van der Waals surface area contributed by atoms with E-state index in [9.17, 15) is 4.79 Å². The minimum Gasteiger partial charge on any atom is -0.328 e. The Balaban J connectivity index is 1.78. The Hall–Kier alpha value is -1.85. The fourth-order valence-electron chi connectivity index (χ4n) is 2.69. The number of rotatable bonds is 3. The Kier molecular flexibility index (Phi) is 3.94. The van der Waals surface area contributed by atoms with Gasteiger partial charge in [0.05, 0.1) is 11.9 Å². The van der Waals surface area contributed by atoms with E-state index >= 15 is 0 Å². The fraction of sp³-hybridized carbons (Fsp3) is 0.333. The summed E-state index contributed by atoms with van der Waals surface area (Å²) in [5, 5.41) is 7.80. The molecule has 0 aliphatic heterocycles. The number of carbonyl (C=O) groups excluding carboxylic acids is 1. The number of nitrogens with one attached hydrogen (secondary N) is 1. The zero-order valence-electron chi connectivity index (χ0n) is 11.5. The lowest BCUT2D eigenvalue weighted by atomic mass is 10.1. The molecule has 1 amide bonds. The van der Waals surface area contributed by atoms with E-state index in [1.165, 1.54) is 0 Å². The zero-order chi connectivity index (χ0) is 14.8. The minimum atomic E-state index is -0.0114. The molecule has 0 saturated heterocycles. The highest BCUT2D eigenvalue weighted by Gasteiger charge is 2.28. The van der Waals surface area contributed by atoms with Crippen LogP contribution in [0.25, 0.3) is 5.69 Å². The summed E-state index contributed by atoms with van der Waals surface area (Å²) >= 11 is 6.00. The standard InChI is InChI=1S/C15H17ClN4O/c16-11-2-1-3-13(9-11)20-14(6-7-18-20)19-15(21)10-4-5-12(17)8-10/h1-3,6-7,9-10,12H,4-5,8,17H2,(H,19,21). The first-order valence-electron chi connectivity index (χ1n) is 7.00. The van der Waals surface area contributed by atoms with E-state index in [2.05, 4.69) is 10.4 Å². The van der Waals surface area contributed by atoms with E-state index in [0.29, 0.717) is 10.8 Å². The first kappa shape index (κ1) is 14.1. The molecule has 1 fully saturated rings. The van der Waals surface area contributed by atoms with Crippen molar-refractivity contribution >= 4 is 23.3 Å². The summed E-state index contributed by atoms with van der Waals surface area (Å²) in [7, 11) is 0. The van der Waals surface area contributed by atoms with Crippen molar-refractivity contribution in [2.75, 3.05) is 5.32 Å². The molecule has 1 heterocycles. The van der Waals surface area contributed by atoms with Gasteiger partial charge in [-0.15, -0.1) is 0 Å². The molecular formula is C15H17ClN4O. The van der Waals surface area contributed by atoms with E-state index in [1.54, 1.807) is 29.1 Å². The Labute approximate surface area is 128 Å². The monoisotopic (exact) mass is 304 g/mol. The third-order valence-electron chi connectivity index (χ3n) is 3.79. The summed E-state index contributed by atoms with van der Waals surface area (Å²) in [6.45, 7) is 0. The maximum Gasteiger partial charge on any atom is 0.228 e. The van der Waals surface area contributed by atoms with Crippen molar-refractivity contribution in [3.8, 4) is 5.69 Å². The number of hydrogen-bond acceptors (Lipinski definition) is 3. The smallest absolute Gasteiger partial charge is 0.228 e. The molecule has 6 heteroatoms. The normalized spacial score (nSPS) is 21.4. The maximum atomic E-state index is 12.3. The van der Waals surface area contributed by atoms with Gasteiger partial charge in [-0.05, 0) is 37.5 Å². The molecule has 1 saturated carbocycles. The number of nitrogens with zero attached hydrogens (tertiary/aromatic N) is 2. The van der Waals surface area contributed by atoms with Crippen molar-refractivity contribution < 1.29 is 4.79 Å². The zero-order valence-corrected chi connectivity index (χ0v) is 12.3. The van der Waals surface area contributed by atoms with Crippen LogP contribution in [0.5, 0.6) is 0 Å². The number of anilines is 1. The van der Waals surface area contributed by atoms with Crippen LogP contribution in [0.4, 0.5) is 5.82 Å². The van der Waals surface area contributed by atoms with Gasteiger partial charge in [-0.1, -0.05) is 17.7 Å². The van der Waals surface area contributed by atoms with Crippen molar-refractivity contribution in [1.29, 1.82) is 0 Å². The average Bonchev–Trinajstić information content (AvgIpc) is 3.08. The Morgan fingerprint density at radius 3 is 2.95 bits per heavy atom. The molecule has 5 nitrogen and oxygen atoms in total. The van der Waals surface area contributed by atoms with Gasteiger partial charge in [0.15, 0.2) is 0 Å². The molecule has 21 heavy (non-hydrogen) atoms. The largest absolute Gasteiger partial charge is 0.328 e. The highest BCUT2D eigenvalue weighted by molar-refractivity contribution is 6.30. The number of nitrogens with two attached hydrogens (primary N) is 1. The van der Waals surface area contributed by atoms with Crippen LogP contribution in [0, 0.1) is 5.92 Å². The number of amides is 1.